The molecule has 0 heterocycles. The minimum absolute atomic E-state index is 0.0818. The van der Waals surface area contributed by atoms with Gasteiger partial charge in [0.05, 0.1) is 0 Å². The summed E-state index contributed by atoms with van der Waals surface area (Å²) >= 11 is 0. The molecule has 0 aromatic carbocycles. The van der Waals surface area contributed by atoms with Crippen LogP contribution < -0.4 is 11.4 Å². The smallest absolute Gasteiger partial charge is 0.109 e. The van der Waals surface area contributed by atoms with Crippen molar-refractivity contribution in [1.82, 2.24) is 0 Å². The summed E-state index contributed by atoms with van der Waals surface area (Å²) in [6, 6.07) is 0. The van der Waals surface area contributed by atoms with E-state index in [0.717, 1.165) is 0 Å². The van der Waals surface area contributed by atoms with Crippen LogP contribution in [0, 0.1) is 0 Å². The highest BCUT2D eigenvalue weighted by Crippen LogP contribution is 1.85. The Morgan fingerprint density at radius 1 is 1.75 bits per heavy atom. The maximum Gasteiger partial charge on any atom is 0.109 e. The van der Waals surface area contributed by atoms with E-state index >= 15 is 0 Å². The maximum atomic E-state index is 4.71. The van der Waals surface area contributed by atoms with E-state index in [0.29, 0.717) is 0 Å². The van der Waals surface area contributed by atoms with Crippen LogP contribution in [0.1, 0.15) is 0 Å². The molecular formula is H5N2OP. The van der Waals surface area contributed by atoms with Crippen LogP contribution in [0.3, 0.4) is 0 Å². The second-order valence-electron chi connectivity index (χ2n) is 0.236. The van der Waals surface area contributed by atoms with Crippen molar-refractivity contribution < 1.29 is 4.62 Å². The van der Waals surface area contributed by atoms with Crippen LogP contribution in [0.4, 0.5) is 0 Å². The van der Waals surface area contributed by atoms with Crippen molar-refractivity contribution >= 4 is 8.96 Å². The second-order valence-corrected chi connectivity index (χ2v) is 0.707. The van der Waals surface area contributed by atoms with E-state index in [4.69, 9.17) is 5.50 Å². The van der Waals surface area contributed by atoms with Gasteiger partial charge in [-0.15, -0.1) is 0 Å². The molecule has 4 heavy (non-hydrogen) atoms. The summed E-state index contributed by atoms with van der Waals surface area (Å²) in [4.78, 5) is 0. The molecule has 0 amide bonds. The molecule has 0 fully saturated rings. The minimum Gasteiger partial charge on any atom is -0.289 e. The quantitative estimate of drug-likeness (QED) is 0.325. The van der Waals surface area contributed by atoms with E-state index in [1.807, 2.05) is 0 Å². The van der Waals surface area contributed by atoms with Gasteiger partial charge in [0, 0.05) is 0 Å². The van der Waals surface area contributed by atoms with Gasteiger partial charge >= 0.3 is 0 Å². The van der Waals surface area contributed by atoms with E-state index in [-0.39, 0.29) is 8.96 Å². The van der Waals surface area contributed by atoms with E-state index in [1.54, 1.807) is 0 Å². The Labute approximate surface area is 26.2 Å². The Kier molecular flexibility index (Phi) is 3.57. The van der Waals surface area contributed by atoms with Gasteiger partial charge in [-0.1, -0.05) is 0 Å². The number of hydrogen-bond donors (Lipinski definition) is 2. The summed E-state index contributed by atoms with van der Waals surface area (Å²) in [5.41, 5.74) is 4.71. The van der Waals surface area contributed by atoms with Gasteiger partial charge in [-0.25, -0.2) is 5.90 Å². The summed E-state index contributed by atoms with van der Waals surface area (Å²) in [6.07, 6.45) is 0. The van der Waals surface area contributed by atoms with Crippen molar-refractivity contribution in [3.63, 3.8) is 0 Å². The first-order valence-corrected chi connectivity index (χ1v) is 1.71. The summed E-state index contributed by atoms with van der Waals surface area (Å²) in [5.74, 6) is 4.42. The molecule has 0 radical (unpaired) electrons. The minimum atomic E-state index is -0.0818. The van der Waals surface area contributed by atoms with Crippen LogP contribution in [0.5, 0.6) is 0 Å². The molecule has 0 saturated heterocycles. The Morgan fingerprint density at radius 2 is 2.00 bits per heavy atom. The standard InChI is InChI=1S/H5N2OP/c1-3-4-2/h4H,1-2H2. The van der Waals surface area contributed by atoms with Crippen molar-refractivity contribution in [1.29, 1.82) is 0 Å². The van der Waals surface area contributed by atoms with E-state index < -0.39 is 0 Å². The number of rotatable bonds is 1. The lowest BCUT2D eigenvalue weighted by Crippen LogP contribution is -1.87. The summed E-state index contributed by atoms with van der Waals surface area (Å²) in [7, 11) is -0.0818. The largest absolute Gasteiger partial charge is 0.289 e. The van der Waals surface area contributed by atoms with Gasteiger partial charge in [-0.2, -0.15) is 0 Å². The maximum absolute atomic E-state index is 4.71. The highest BCUT2D eigenvalue weighted by atomic mass is 31.1. The van der Waals surface area contributed by atoms with Crippen LogP contribution in [-0.4, -0.2) is 0 Å². The fraction of sp³-hybridized carbons (Fsp3) is 0. The predicted molar refractivity (Wildman–Crippen MR) is 17.8 cm³/mol. The van der Waals surface area contributed by atoms with Gasteiger partial charge in [-0.3, -0.25) is 10.1 Å². The second kappa shape index (κ2) is 3.31. The normalized spacial score (nSPS) is 10.5. The fourth-order valence-electron chi connectivity index (χ4n) is 0. The Balaban J connectivity index is 1.97. The van der Waals surface area contributed by atoms with E-state index in [1.165, 1.54) is 0 Å². The molecule has 0 spiro atoms. The molecule has 1 atom stereocenters. The first kappa shape index (κ1) is 4.31. The van der Waals surface area contributed by atoms with Crippen LogP contribution in [0.2, 0.25) is 0 Å². The summed E-state index contributed by atoms with van der Waals surface area (Å²) in [5, 5.41) is 0. The van der Waals surface area contributed by atoms with Gasteiger partial charge < -0.3 is 0 Å². The van der Waals surface area contributed by atoms with Crippen LogP contribution in [-0.2, 0) is 4.62 Å². The molecule has 0 aliphatic heterocycles. The molecule has 1 unspecified atom stereocenters. The average molecular weight is 80.0 g/mol. The molecule has 0 aliphatic carbocycles. The van der Waals surface area contributed by atoms with Crippen LogP contribution in [0.15, 0.2) is 0 Å². The SMILES string of the molecule is NOPN. The Bertz CT molecular complexity index is 8.00. The van der Waals surface area contributed by atoms with Crippen LogP contribution in [0.25, 0.3) is 0 Å². The topological polar surface area (TPSA) is 61.3 Å². The molecule has 26 valence electrons. The third kappa shape index (κ3) is 2.31. The molecular weight excluding hydrogens is 75.0 g/mol. The van der Waals surface area contributed by atoms with Crippen molar-refractivity contribution in [3.05, 3.63) is 0 Å². The van der Waals surface area contributed by atoms with Crippen LogP contribution >= 0.6 is 8.96 Å². The molecule has 4 N–H and O–H groups in total. The first-order valence-electron chi connectivity index (χ1n) is 0.729. The summed E-state index contributed by atoms with van der Waals surface area (Å²) in [6.45, 7) is 0. The molecule has 0 saturated carbocycles. The highest BCUT2D eigenvalue weighted by Gasteiger charge is 1.51. The zero-order chi connectivity index (χ0) is 3.41. The van der Waals surface area contributed by atoms with Crippen molar-refractivity contribution in [2.24, 2.45) is 11.4 Å². The van der Waals surface area contributed by atoms with Crippen molar-refractivity contribution in [3.8, 4) is 0 Å². The predicted octanol–water partition coefficient (Wildman–Crippen LogP) is -0.656. The van der Waals surface area contributed by atoms with E-state index in [9.17, 15) is 0 Å². The third-order valence-electron chi connectivity index (χ3n) is 0.0680. The Hall–Kier alpha value is 0.310. The first-order chi connectivity index (χ1) is 1.91. The van der Waals surface area contributed by atoms with Gasteiger partial charge in [-0.05, 0) is 0 Å². The average Bonchev–Trinajstić information content (AvgIpc) is 1.37. The lowest BCUT2D eigenvalue weighted by molar-refractivity contribution is 0.386. The molecule has 3 nitrogen and oxygen atoms in total. The summed E-state index contributed by atoms with van der Waals surface area (Å²) < 4.78 is 3.85. The zero-order valence-corrected chi connectivity index (χ0v) is 3.06. The highest BCUT2D eigenvalue weighted by molar-refractivity contribution is 7.29. The Morgan fingerprint density at radius 3 is 2.00 bits per heavy atom. The third-order valence-corrected chi connectivity index (χ3v) is 0.204. The number of nitrogens with two attached hydrogens (primary N) is 2. The molecule has 0 rings (SSSR count). The van der Waals surface area contributed by atoms with Gasteiger partial charge in [0.1, 0.15) is 8.96 Å². The van der Waals surface area contributed by atoms with Crippen molar-refractivity contribution in [2.75, 3.05) is 0 Å². The van der Waals surface area contributed by atoms with E-state index in [2.05, 4.69) is 10.5 Å². The zero-order valence-electron chi connectivity index (χ0n) is 2.06. The molecule has 0 aromatic rings. The molecule has 4 heteroatoms. The van der Waals surface area contributed by atoms with Gasteiger partial charge in [0.2, 0.25) is 0 Å². The lowest BCUT2D eigenvalue weighted by atomic mass is 13.6. The van der Waals surface area contributed by atoms with Gasteiger partial charge in [0.25, 0.3) is 0 Å². The molecule has 0 bridgehead atoms. The van der Waals surface area contributed by atoms with Crippen molar-refractivity contribution in [2.45, 2.75) is 0 Å². The fourth-order valence-corrected chi connectivity index (χ4v) is 0. The number of hydrogen-bond acceptors (Lipinski definition) is 3. The lowest BCUT2D eigenvalue weighted by Gasteiger charge is -1.76. The van der Waals surface area contributed by atoms with Gasteiger partial charge in [0.15, 0.2) is 0 Å². The monoisotopic (exact) mass is 80.0 g/mol. The molecule has 0 aromatic heterocycles. The molecule has 0 aliphatic rings.